The van der Waals surface area contributed by atoms with Crippen LogP contribution in [0.25, 0.3) is 0 Å². The minimum Gasteiger partial charge on any atom is -0.392 e. The molecule has 7 heteroatoms. The number of nitrogens with zero attached hydrogens (tertiary/aromatic N) is 1. The molecule has 1 unspecified atom stereocenters. The Labute approximate surface area is 123 Å². The second-order valence-electron chi connectivity index (χ2n) is 5.53. The molecule has 1 saturated heterocycles. The van der Waals surface area contributed by atoms with Crippen LogP contribution in [0.4, 0.5) is 0 Å². The number of carbonyl (C=O) groups is 3. The summed E-state index contributed by atoms with van der Waals surface area (Å²) in [6.45, 7) is 1.49. The molecule has 3 N–H and O–H groups in total. The lowest BCUT2D eigenvalue weighted by atomic mass is 9.72. The number of hydrogen-bond acceptors (Lipinski definition) is 4. The molecule has 2 aliphatic rings. The van der Waals surface area contributed by atoms with Crippen molar-refractivity contribution < 1.29 is 14.4 Å². The maximum absolute atomic E-state index is 12.8. The minimum atomic E-state index is -0.889. The quantitative estimate of drug-likeness (QED) is 0.557. The summed E-state index contributed by atoms with van der Waals surface area (Å²) in [7, 11) is 0. The number of hydrogen-bond donors (Lipinski definition) is 2. The highest BCUT2D eigenvalue weighted by Gasteiger charge is 2.48. The van der Waals surface area contributed by atoms with Crippen molar-refractivity contribution in [2.75, 3.05) is 6.54 Å². The number of nitrogens with two attached hydrogens (primary N) is 1. The van der Waals surface area contributed by atoms with E-state index in [4.69, 9.17) is 18.0 Å². The van der Waals surface area contributed by atoms with Gasteiger partial charge in [0, 0.05) is 0 Å². The molecule has 0 spiro atoms. The van der Waals surface area contributed by atoms with Gasteiger partial charge in [0.05, 0.1) is 10.4 Å². The van der Waals surface area contributed by atoms with Gasteiger partial charge < -0.3 is 10.6 Å². The Bertz CT molecular complexity index is 471. The third-order valence-electron chi connectivity index (χ3n) is 4.27. The summed E-state index contributed by atoms with van der Waals surface area (Å²) in [4.78, 5) is 37.5. The summed E-state index contributed by atoms with van der Waals surface area (Å²) < 4.78 is 0. The van der Waals surface area contributed by atoms with E-state index in [0.29, 0.717) is 12.8 Å². The van der Waals surface area contributed by atoms with Gasteiger partial charge in [0.15, 0.2) is 0 Å². The van der Waals surface area contributed by atoms with Crippen molar-refractivity contribution in [2.45, 2.75) is 45.1 Å². The first-order chi connectivity index (χ1) is 9.38. The van der Waals surface area contributed by atoms with E-state index in [1.165, 1.54) is 4.90 Å². The van der Waals surface area contributed by atoms with Gasteiger partial charge in [0.2, 0.25) is 17.7 Å². The molecule has 2 fully saturated rings. The molecule has 3 amide bonds. The van der Waals surface area contributed by atoms with Crippen molar-refractivity contribution in [2.24, 2.45) is 11.1 Å². The van der Waals surface area contributed by atoms with Gasteiger partial charge in [-0.1, -0.05) is 31.5 Å². The van der Waals surface area contributed by atoms with Crippen LogP contribution < -0.4 is 11.1 Å². The molecular weight excluding hydrogens is 278 g/mol. The molecule has 1 aliphatic carbocycles. The largest absolute Gasteiger partial charge is 0.392 e. The molecule has 20 heavy (non-hydrogen) atoms. The van der Waals surface area contributed by atoms with Gasteiger partial charge >= 0.3 is 0 Å². The van der Waals surface area contributed by atoms with Crippen molar-refractivity contribution >= 4 is 34.9 Å². The van der Waals surface area contributed by atoms with Crippen LogP contribution >= 0.6 is 12.2 Å². The lowest BCUT2D eigenvalue weighted by Crippen LogP contribution is -2.63. The maximum Gasteiger partial charge on any atom is 0.249 e. The SMILES string of the molecule is CC1C(=O)NC(=O)CN1C(=O)C1(C(N)=S)CCCCC1. The molecule has 0 bridgehead atoms. The van der Waals surface area contributed by atoms with E-state index in [-0.39, 0.29) is 17.4 Å². The second-order valence-corrected chi connectivity index (χ2v) is 5.97. The standard InChI is InChI=1S/C13H19N3O3S/c1-8-10(18)15-9(17)7-16(8)12(19)13(11(14)20)5-3-2-4-6-13/h8H,2-7H2,1H3,(H2,14,20)(H,15,17,18). The molecular formula is C13H19N3O3S. The zero-order valence-corrected chi connectivity index (χ0v) is 12.3. The molecule has 0 aromatic heterocycles. The predicted molar refractivity (Wildman–Crippen MR) is 76.6 cm³/mol. The number of piperazine rings is 1. The smallest absolute Gasteiger partial charge is 0.249 e. The van der Waals surface area contributed by atoms with Gasteiger partial charge in [-0.15, -0.1) is 0 Å². The van der Waals surface area contributed by atoms with Crippen LogP contribution in [0.2, 0.25) is 0 Å². The monoisotopic (exact) mass is 297 g/mol. The summed E-state index contributed by atoms with van der Waals surface area (Å²) >= 11 is 5.12. The highest BCUT2D eigenvalue weighted by atomic mass is 32.1. The molecule has 6 nitrogen and oxygen atoms in total. The van der Waals surface area contributed by atoms with Gasteiger partial charge in [-0.05, 0) is 19.8 Å². The van der Waals surface area contributed by atoms with Crippen molar-refractivity contribution in [3.05, 3.63) is 0 Å². The summed E-state index contributed by atoms with van der Waals surface area (Å²) in [5, 5.41) is 2.22. The van der Waals surface area contributed by atoms with E-state index < -0.39 is 23.3 Å². The lowest BCUT2D eigenvalue weighted by molar-refractivity contribution is -0.154. The molecule has 2 rings (SSSR count). The van der Waals surface area contributed by atoms with Crippen LogP contribution in [0.3, 0.4) is 0 Å². The Hall–Kier alpha value is -1.50. The first kappa shape index (κ1) is 14.9. The fraction of sp³-hybridized carbons (Fsp3) is 0.692. The minimum absolute atomic E-state index is 0.115. The first-order valence-corrected chi connectivity index (χ1v) is 7.24. The average molecular weight is 297 g/mol. The fourth-order valence-corrected chi connectivity index (χ4v) is 3.25. The highest BCUT2D eigenvalue weighted by Crippen LogP contribution is 2.39. The molecule has 110 valence electrons. The number of imide groups is 1. The number of nitrogens with one attached hydrogen (secondary N) is 1. The Kier molecular flexibility index (Phi) is 4.08. The normalized spacial score (nSPS) is 26.1. The van der Waals surface area contributed by atoms with Crippen LogP contribution in [0, 0.1) is 5.41 Å². The summed E-state index contributed by atoms with van der Waals surface area (Å²) in [6.07, 6.45) is 4.00. The van der Waals surface area contributed by atoms with Crippen molar-refractivity contribution in [1.29, 1.82) is 0 Å². The molecule has 1 aliphatic heterocycles. The maximum atomic E-state index is 12.8. The Morgan fingerprint density at radius 2 is 1.95 bits per heavy atom. The molecule has 0 radical (unpaired) electrons. The molecule has 1 saturated carbocycles. The van der Waals surface area contributed by atoms with E-state index in [0.717, 1.165) is 19.3 Å². The third-order valence-corrected chi connectivity index (χ3v) is 4.66. The van der Waals surface area contributed by atoms with Gasteiger partial charge in [-0.3, -0.25) is 19.7 Å². The highest BCUT2D eigenvalue weighted by molar-refractivity contribution is 7.80. The van der Waals surface area contributed by atoms with E-state index >= 15 is 0 Å². The zero-order valence-electron chi connectivity index (χ0n) is 11.5. The molecule has 1 atom stereocenters. The van der Waals surface area contributed by atoms with E-state index in [1.807, 2.05) is 0 Å². The van der Waals surface area contributed by atoms with Gasteiger partial charge in [0.25, 0.3) is 0 Å². The van der Waals surface area contributed by atoms with Gasteiger partial charge in [0.1, 0.15) is 12.6 Å². The molecule has 0 aromatic carbocycles. The van der Waals surface area contributed by atoms with Crippen LogP contribution in [0.1, 0.15) is 39.0 Å². The van der Waals surface area contributed by atoms with Crippen molar-refractivity contribution in [3.8, 4) is 0 Å². The lowest BCUT2D eigenvalue weighted by Gasteiger charge is -2.41. The van der Waals surface area contributed by atoms with Gasteiger partial charge in [-0.25, -0.2) is 0 Å². The van der Waals surface area contributed by atoms with Crippen LogP contribution in [-0.2, 0) is 14.4 Å². The second kappa shape index (κ2) is 5.47. The Balaban J connectivity index is 2.29. The summed E-state index contributed by atoms with van der Waals surface area (Å²) in [6, 6.07) is -0.673. The van der Waals surface area contributed by atoms with Crippen molar-refractivity contribution in [1.82, 2.24) is 10.2 Å². The number of rotatable bonds is 2. The first-order valence-electron chi connectivity index (χ1n) is 6.83. The summed E-state index contributed by atoms with van der Waals surface area (Å²) in [5.74, 6) is -1.20. The van der Waals surface area contributed by atoms with E-state index in [2.05, 4.69) is 5.32 Å². The molecule has 0 aromatic rings. The van der Waals surface area contributed by atoms with Crippen LogP contribution in [0.5, 0.6) is 0 Å². The summed E-state index contributed by atoms with van der Waals surface area (Å²) in [5.41, 5.74) is 4.93. The number of amides is 3. The van der Waals surface area contributed by atoms with E-state index in [1.54, 1.807) is 6.92 Å². The Morgan fingerprint density at radius 3 is 2.50 bits per heavy atom. The van der Waals surface area contributed by atoms with Crippen LogP contribution in [0.15, 0.2) is 0 Å². The topological polar surface area (TPSA) is 92.5 Å². The number of thiocarbonyl (C=S) groups is 1. The Morgan fingerprint density at radius 1 is 1.35 bits per heavy atom. The fourth-order valence-electron chi connectivity index (χ4n) is 2.96. The predicted octanol–water partition coefficient (Wildman–Crippen LogP) is 0.0965. The van der Waals surface area contributed by atoms with E-state index in [9.17, 15) is 14.4 Å². The zero-order chi connectivity index (χ0) is 14.9. The number of carbonyl (C=O) groups excluding carboxylic acids is 3. The van der Waals surface area contributed by atoms with Crippen molar-refractivity contribution in [3.63, 3.8) is 0 Å². The van der Waals surface area contributed by atoms with Gasteiger partial charge in [-0.2, -0.15) is 0 Å². The average Bonchev–Trinajstić information content (AvgIpc) is 2.42. The van der Waals surface area contributed by atoms with Crippen LogP contribution in [-0.4, -0.2) is 40.2 Å². The third kappa shape index (κ3) is 2.42. The molecule has 1 heterocycles.